The van der Waals surface area contributed by atoms with Crippen molar-refractivity contribution in [3.63, 3.8) is 0 Å². The van der Waals surface area contributed by atoms with Gasteiger partial charge in [0.25, 0.3) is 0 Å². The number of aromatic nitrogens is 6. The molecule has 6 aromatic rings. The zero-order valence-electron chi connectivity index (χ0n) is 32.1. The number of hydrogen-bond donors (Lipinski definition) is 0. The molecule has 0 amide bonds. The molecule has 0 saturated heterocycles. The van der Waals surface area contributed by atoms with Gasteiger partial charge in [0.15, 0.2) is 11.3 Å². The maximum Gasteiger partial charge on any atom is 0.164 e. The SMILES string of the molecule is CC=C(CC)c1c(CC)nc2c(-c3c(C)cc(C)cc3COCc3cc(C)cc(C)c3-c3nccn4c(C(=CC)CC)c(CC)nc34)nccn12. The van der Waals surface area contributed by atoms with Gasteiger partial charge in [0.2, 0.25) is 0 Å². The molecule has 264 valence electrons. The number of fused-ring (bicyclic) bond motifs is 2. The number of aryl methyl sites for hydroxylation is 6. The number of benzene rings is 2. The van der Waals surface area contributed by atoms with E-state index in [1.54, 1.807) is 0 Å². The van der Waals surface area contributed by atoms with E-state index in [0.717, 1.165) is 93.1 Å². The van der Waals surface area contributed by atoms with Crippen molar-refractivity contribution in [2.45, 2.75) is 108 Å². The van der Waals surface area contributed by atoms with Crippen LogP contribution in [-0.4, -0.2) is 28.7 Å². The molecule has 0 aliphatic rings. The first-order chi connectivity index (χ1) is 24.7. The maximum atomic E-state index is 6.69. The third-order valence-corrected chi connectivity index (χ3v) is 10.1. The monoisotopic (exact) mass is 680 g/mol. The summed E-state index contributed by atoms with van der Waals surface area (Å²) in [7, 11) is 0. The number of nitrogens with zero attached hydrogens (tertiary/aromatic N) is 6. The summed E-state index contributed by atoms with van der Waals surface area (Å²) in [6.07, 6.45) is 15.9. The molecule has 0 unspecified atom stereocenters. The van der Waals surface area contributed by atoms with Gasteiger partial charge >= 0.3 is 0 Å². The van der Waals surface area contributed by atoms with Gasteiger partial charge in [0.05, 0.1) is 36.0 Å². The highest BCUT2D eigenvalue weighted by Crippen LogP contribution is 2.36. The zero-order chi connectivity index (χ0) is 36.4. The second-order valence-electron chi connectivity index (χ2n) is 13.5. The summed E-state index contributed by atoms with van der Waals surface area (Å²) in [4.78, 5) is 20.3. The second-order valence-corrected chi connectivity index (χ2v) is 13.5. The fraction of sp³-hybridized carbons (Fsp3) is 0.364. The molecule has 0 saturated carbocycles. The van der Waals surface area contributed by atoms with Crippen LogP contribution in [0.4, 0.5) is 0 Å². The minimum absolute atomic E-state index is 0.433. The number of hydrogen-bond acceptors (Lipinski definition) is 5. The Morgan fingerprint density at radius 3 is 1.39 bits per heavy atom. The number of allylic oxidation sites excluding steroid dienone is 4. The van der Waals surface area contributed by atoms with Crippen molar-refractivity contribution in [1.29, 1.82) is 0 Å². The summed E-state index contributed by atoms with van der Waals surface area (Å²) in [6, 6.07) is 8.93. The first kappa shape index (κ1) is 35.9. The Morgan fingerprint density at radius 2 is 1.04 bits per heavy atom. The zero-order valence-corrected chi connectivity index (χ0v) is 32.1. The number of imidazole rings is 2. The van der Waals surface area contributed by atoms with Gasteiger partial charge in [-0.2, -0.15) is 0 Å². The topological polar surface area (TPSA) is 69.6 Å². The lowest BCUT2D eigenvalue weighted by molar-refractivity contribution is 0.107. The molecule has 0 atom stereocenters. The van der Waals surface area contributed by atoms with Crippen LogP contribution in [-0.2, 0) is 30.8 Å². The van der Waals surface area contributed by atoms with E-state index in [0.29, 0.717) is 13.2 Å². The molecule has 0 fully saturated rings. The summed E-state index contributed by atoms with van der Waals surface area (Å²) in [5.41, 5.74) is 19.8. The van der Waals surface area contributed by atoms with E-state index in [1.807, 2.05) is 24.8 Å². The minimum Gasteiger partial charge on any atom is -0.372 e. The predicted molar refractivity (Wildman–Crippen MR) is 211 cm³/mol. The lowest BCUT2D eigenvalue weighted by Crippen LogP contribution is -2.05. The Labute approximate surface area is 303 Å². The van der Waals surface area contributed by atoms with Crippen molar-refractivity contribution in [2.75, 3.05) is 0 Å². The Morgan fingerprint density at radius 1 is 0.627 bits per heavy atom. The van der Waals surface area contributed by atoms with Gasteiger partial charge in [0, 0.05) is 35.9 Å². The first-order valence-corrected chi connectivity index (χ1v) is 18.5. The molecule has 2 aromatic carbocycles. The average Bonchev–Trinajstić information content (AvgIpc) is 3.68. The highest BCUT2D eigenvalue weighted by molar-refractivity contribution is 5.83. The van der Waals surface area contributed by atoms with E-state index in [2.05, 4.69) is 114 Å². The van der Waals surface area contributed by atoms with Crippen LogP contribution in [0.15, 0.2) is 61.2 Å². The Bertz CT molecular complexity index is 2140. The molecule has 0 spiro atoms. The molecule has 4 aromatic heterocycles. The fourth-order valence-corrected chi connectivity index (χ4v) is 7.88. The van der Waals surface area contributed by atoms with Gasteiger partial charge < -0.3 is 4.74 Å². The Kier molecular flexibility index (Phi) is 10.7. The van der Waals surface area contributed by atoms with Crippen molar-refractivity contribution >= 4 is 22.4 Å². The third kappa shape index (κ3) is 6.56. The van der Waals surface area contributed by atoms with E-state index in [4.69, 9.17) is 24.7 Å². The Hall–Kier alpha value is -4.88. The lowest BCUT2D eigenvalue weighted by Gasteiger charge is -2.17. The molecule has 0 N–H and O–H groups in total. The quantitative estimate of drug-likeness (QED) is 0.129. The molecule has 0 bridgehead atoms. The van der Waals surface area contributed by atoms with Gasteiger partial charge in [-0.3, -0.25) is 18.8 Å². The molecule has 7 nitrogen and oxygen atoms in total. The first-order valence-electron chi connectivity index (χ1n) is 18.5. The maximum absolute atomic E-state index is 6.69. The molecule has 0 aliphatic heterocycles. The standard InChI is InChI=1S/C44H52N6O/c1-11-31(12-2)41-35(15-5)47-43-39(45-17-19-49(41)43)37-29(9)21-27(7)23-33(37)25-51-26-34-24-28(8)22-30(10)38(34)40-44-48-36(16-6)42(32(13-3)14-4)50(44)20-18-46-40/h11,13,17-24H,12,14-16,25-26H2,1-10H3. The van der Waals surface area contributed by atoms with Crippen molar-refractivity contribution in [3.8, 4) is 22.5 Å². The van der Waals surface area contributed by atoms with E-state index >= 15 is 0 Å². The summed E-state index contributed by atoms with van der Waals surface area (Å²) in [5, 5.41) is 0. The van der Waals surface area contributed by atoms with Crippen LogP contribution >= 0.6 is 0 Å². The number of rotatable bonds is 12. The lowest BCUT2D eigenvalue weighted by atomic mass is 9.96. The molecule has 4 heterocycles. The van der Waals surface area contributed by atoms with E-state index in [1.165, 1.54) is 33.7 Å². The number of ether oxygens (including phenoxy) is 1. The van der Waals surface area contributed by atoms with Crippen molar-refractivity contribution in [2.24, 2.45) is 0 Å². The smallest absolute Gasteiger partial charge is 0.164 e. The van der Waals surface area contributed by atoms with Crippen LogP contribution in [0.2, 0.25) is 0 Å². The largest absolute Gasteiger partial charge is 0.372 e. The van der Waals surface area contributed by atoms with Crippen LogP contribution in [0, 0.1) is 27.7 Å². The normalized spacial score (nSPS) is 12.5. The van der Waals surface area contributed by atoms with Gasteiger partial charge in [-0.15, -0.1) is 0 Å². The second kappa shape index (κ2) is 15.2. The van der Waals surface area contributed by atoms with Gasteiger partial charge in [0.1, 0.15) is 11.4 Å². The van der Waals surface area contributed by atoms with E-state index in [9.17, 15) is 0 Å². The third-order valence-electron chi connectivity index (χ3n) is 10.1. The van der Waals surface area contributed by atoms with Crippen LogP contribution < -0.4 is 0 Å². The molecule has 7 heteroatoms. The summed E-state index contributed by atoms with van der Waals surface area (Å²) in [5.74, 6) is 0. The minimum atomic E-state index is 0.433. The molecular formula is C44H52N6O. The van der Waals surface area contributed by atoms with Crippen LogP contribution in [0.1, 0.15) is 111 Å². The van der Waals surface area contributed by atoms with E-state index < -0.39 is 0 Å². The summed E-state index contributed by atoms with van der Waals surface area (Å²) >= 11 is 0. The summed E-state index contributed by atoms with van der Waals surface area (Å²) in [6.45, 7) is 22.5. The Balaban J connectivity index is 1.41. The molecule has 0 aliphatic carbocycles. The average molecular weight is 681 g/mol. The van der Waals surface area contributed by atoms with Crippen LogP contribution in [0.5, 0.6) is 0 Å². The van der Waals surface area contributed by atoms with Crippen LogP contribution in [0.3, 0.4) is 0 Å². The van der Waals surface area contributed by atoms with Crippen molar-refractivity contribution in [1.82, 2.24) is 28.7 Å². The van der Waals surface area contributed by atoms with Crippen molar-refractivity contribution < 1.29 is 4.74 Å². The molecular weight excluding hydrogens is 629 g/mol. The molecule has 51 heavy (non-hydrogen) atoms. The van der Waals surface area contributed by atoms with Gasteiger partial charge in [-0.05, 0) is 101 Å². The van der Waals surface area contributed by atoms with Crippen molar-refractivity contribution in [3.05, 3.63) is 117 Å². The van der Waals surface area contributed by atoms with E-state index in [-0.39, 0.29) is 0 Å². The predicted octanol–water partition coefficient (Wildman–Crippen LogP) is 10.8. The van der Waals surface area contributed by atoms with Crippen LogP contribution in [0.25, 0.3) is 45.0 Å². The molecule has 6 rings (SSSR count). The highest BCUT2D eigenvalue weighted by Gasteiger charge is 2.23. The fourth-order valence-electron chi connectivity index (χ4n) is 7.88. The highest BCUT2D eigenvalue weighted by atomic mass is 16.5. The van der Waals surface area contributed by atoms with Gasteiger partial charge in [-0.1, -0.05) is 75.2 Å². The molecule has 0 radical (unpaired) electrons. The summed E-state index contributed by atoms with van der Waals surface area (Å²) < 4.78 is 11.1. The van der Waals surface area contributed by atoms with Gasteiger partial charge in [-0.25, -0.2) is 9.97 Å².